The van der Waals surface area contributed by atoms with Gasteiger partial charge in [-0.25, -0.2) is 9.78 Å². The van der Waals surface area contributed by atoms with Gasteiger partial charge in [-0.15, -0.1) is 11.3 Å². The van der Waals surface area contributed by atoms with Crippen LogP contribution in [0.25, 0.3) is 21.2 Å². The molecule has 0 spiro atoms. The van der Waals surface area contributed by atoms with Crippen molar-refractivity contribution in [2.24, 2.45) is 5.92 Å². The first-order chi connectivity index (χ1) is 23.4. The van der Waals surface area contributed by atoms with Gasteiger partial charge in [-0.3, -0.25) is 4.79 Å². The Labute approximate surface area is 293 Å². The van der Waals surface area contributed by atoms with Crippen LogP contribution in [-0.2, 0) is 23.1 Å². The molecule has 0 aliphatic heterocycles. The van der Waals surface area contributed by atoms with E-state index in [1.807, 2.05) is 42.5 Å². The summed E-state index contributed by atoms with van der Waals surface area (Å²) in [6.07, 6.45) is 5.64. The minimum Gasteiger partial charge on any atom is -0.480 e. The van der Waals surface area contributed by atoms with E-state index in [-0.39, 0.29) is 17.5 Å². The number of fused-ring (bicyclic) bond motifs is 1. The average molecular weight is 675 g/mol. The van der Waals surface area contributed by atoms with Crippen LogP contribution in [0.1, 0.15) is 98.4 Å². The number of amides is 1. The van der Waals surface area contributed by atoms with Crippen molar-refractivity contribution >= 4 is 34.0 Å². The highest BCUT2D eigenvalue weighted by Gasteiger charge is 2.25. The second-order valence-corrected chi connectivity index (χ2v) is 15.8. The van der Waals surface area contributed by atoms with Gasteiger partial charge in [0.05, 0.1) is 0 Å². The highest BCUT2D eigenvalue weighted by atomic mass is 32.1. The molecule has 0 unspecified atom stereocenters. The number of aromatic nitrogens is 1. The number of ether oxygens (including phenoxy) is 1. The fraction of sp³-hybridized carbons (Fsp3) is 0.357. The Hall–Kier alpha value is -4.49. The number of hydrogen-bond acceptors (Lipinski definition) is 5. The Balaban J connectivity index is 1.22. The maximum atomic E-state index is 13.6. The summed E-state index contributed by atoms with van der Waals surface area (Å²) in [5.41, 5.74) is 4.75. The molecule has 1 amide bonds. The molecule has 1 fully saturated rings. The van der Waals surface area contributed by atoms with Crippen molar-refractivity contribution < 1.29 is 19.4 Å². The van der Waals surface area contributed by atoms with E-state index in [2.05, 4.69) is 76.3 Å². The van der Waals surface area contributed by atoms with Crippen molar-refractivity contribution in [2.45, 2.75) is 90.5 Å². The number of nitrogens with zero attached hydrogens (tertiary/aromatic N) is 1. The van der Waals surface area contributed by atoms with Gasteiger partial charge >= 0.3 is 5.97 Å². The monoisotopic (exact) mass is 674 g/mol. The Morgan fingerprint density at radius 1 is 0.918 bits per heavy atom. The van der Waals surface area contributed by atoms with Crippen molar-refractivity contribution in [2.75, 3.05) is 0 Å². The van der Waals surface area contributed by atoms with Gasteiger partial charge in [0.15, 0.2) is 0 Å². The molecule has 1 aliphatic carbocycles. The Morgan fingerprint density at radius 2 is 1.61 bits per heavy atom. The van der Waals surface area contributed by atoms with Gasteiger partial charge in [-0.1, -0.05) is 103 Å². The van der Waals surface area contributed by atoms with Crippen LogP contribution in [0.2, 0.25) is 0 Å². The number of carboxylic acid groups (broad SMARTS) is 1. The second kappa shape index (κ2) is 14.6. The number of nitrogens with one attached hydrogen (secondary N) is 1. The van der Waals surface area contributed by atoms with Gasteiger partial charge in [0.1, 0.15) is 23.2 Å². The molecule has 49 heavy (non-hydrogen) atoms. The zero-order valence-corrected chi connectivity index (χ0v) is 29.9. The van der Waals surface area contributed by atoms with E-state index < -0.39 is 17.9 Å². The lowest BCUT2D eigenvalue weighted by Gasteiger charge is -2.19. The highest BCUT2D eigenvalue weighted by Crippen LogP contribution is 2.34. The summed E-state index contributed by atoms with van der Waals surface area (Å²) in [6, 6.07) is 27.2. The van der Waals surface area contributed by atoms with Gasteiger partial charge in [-0.05, 0) is 88.2 Å². The van der Waals surface area contributed by atoms with Crippen molar-refractivity contribution in [3.8, 4) is 21.9 Å². The first kappa shape index (κ1) is 34.4. The normalized spacial score (nSPS) is 14.3. The molecule has 6 nitrogen and oxygen atoms in total. The minimum absolute atomic E-state index is 0.0602. The Bertz CT molecular complexity index is 1930. The molecule has 6 rings (SSSR count). The molecule has 1 aliphatic rings. The van der Waals surface area contributed by atoms with E-state index in [1.54, 1.807) is 17.4 Å². The lowest BCUT2D eigenvalue weighted by atomic mass is 9.87. The molecule has 1 saturated carbocycles. The van der Waals surface area contributed by atoms with Crippen LogP contribution < -0.4 is 10.1 Å². The number of pyridine rings is 1. The van der Waals surface area contributed by atoms with Gasteiger partial charge < -0.3 is 15.2 Å². The standard InChI is InChI=1S/C42H46N2O4S/c1-26(2)28-10-12-29(13-11-28)39-21-20-34(49-39)25-38(41(46)47)44-40(45)37-23-30-14-17-33(48-32-18-15-31(16-19-32)42(3,4)5)24-35(30)36(43-37)22-27-8-6-7-9-27/h10-21,23-24,26-27,38H,6-9,22,25H2,1-5H3,(H,44,45)(H,46,47)/t38-/m0/s1. The topological polar surface area (TPSA) is 88.5 Å². The molecular weight excluding hydrogens is 629 g/mol. The van der Waals surface area contributed by atoms with Crippen molar-refractivity contribution in [1.82, 2.24) is 10.3 Å². The van der Waals surface area contributed by atoms with E-state index in [4.69, 9.17) is 9.72 Å². The fourth-order valence-corrected chi connectivity index (χ4v) is 7.65. The quantitative estimate of drug-likeness (QED) is 0.146. The summed E-state index contributed by atoms with van der Waals surface area (Å²) in [7, 11) is 0. The molecular formula is C42H46N2O4S. The number of hydrogen-bond donors (Lipinski definition) is 2. The molecule has 2 N–H and O–H groups in total. The van der Waals surface area contributed by atoms with Crippen molar-refractivity contribution in [3.05, 3.63) is 112 Å². The van der Waals surface area contributed by atoms with Crippen LogP contribution in [0.15, 0.2) is 84.9 Å². The van der Waals surface area contributed by atoms with Gasteiger partial charge in [0, 0.05) is 27.3 Å². The van der Waals surface area contributed by atoms with E-state index in [0.29, 0.717) is 17.6 Å². The molecule has 5 aromatic rings. The van der Waals surface area contributed by atoms with Crippen LogP contribution >= 0.6 is 11.3 Å². The first-order valence-electron chi connectivity index (χ1n) is 17.4. The number of rotatable bonds is 11. The molecule has 7 heteroatoms. The van der Waals surface area contributed by atoms with Crippen LogP contribution in [0, 0.1) is 5.92 Å². The second-order valence-electron chi connectivity index (χ2n) is 14.7. The summed E-state index contributed by atoms with van der Waals surface area (Å²) < 4.78 is 6.27. The molecule has 1 atom stereocenters. The van der Waals surface area contributed by atoms with Gasteiger partial charge in [0.25, 0.3) is 5.91 Å². The number of carbonyl (C=O) groups is 2. The molecule has 0 bridgehead atoms. The third kappa shape index (κ3) is 8.39. The third-order valence-electron chi connectivity index (χ3n) is 9.56. The third-order valence-corrected chi connectivity index (χ3v) is 10.7. The summed E-state index contributed by atoms with van der Waals surface area (Å²) in [4.78, 5) is 32.9. The molecule has 3 aromatic carbocycles. The summed E-state index contributed by atoms with van der Waals surface area (Å²) in [6.45, 7) is 10.9. The SMILES string of the molecule is CC(C)c1ccc(-c2ccc(C[C@H](NC(=O)c3cc4ccc(Oc5ccc(C(C)(C)C)cc5)cc4c(CC4CCCC4)n3)C(=O)O)s2)cc1. The largest absolute Gasteiger partial charge is 0.480 e. The van der Waals surface area contributed by atoms with E-state index >= 15 is 0 Å². The minimum atomic E-state index is -1.08. The van der Waals surface area contributed by atoms with Crippen molar-refractivity contribution in [1.29, 1.82) is 0 Å². The number of aliphatic carboxylic acids is 1. The number of carboxylic acids is 1. The van der Waals surface area contributed by atoms with Gasteiger partial charge in [-0.2, -0.15) is 0 Å². The number of carbonyl (C=O) groups excluding carboxylic acids is 1. The molecule has 2 heterocycles. The zero-order chi connectivity index (χ0) is 34.7. The lowest BCUT2D eigenvalue weighted by Crippen LogP contribution is -2.42. The van der Waals surface area contributed by atoms with E-state index in [1.165, 1.54) is 24.0 Å². The Kier molecular flexibility index (Phi) is 10.2. The molecule has 0 radical (unpaired) electrons. The van der Waals surface area contributed by atoms with Crippen LogP contribution in [0.5, 0.6) is 11.5 Å². The van der Waals surface area contributed by atoms with Crippen molar-refractivity contribution in [3.63, 3.8) is 0 Å². The van der Waals surface area contributed by atoms with Crippen LogP contribution in [-0.4, -0.2) is 28.0 Å². The zero-order valence-electron chi connectivity index (χ0n) is 29.1. The highest BCUT2D eigenvalue weighted by molar-refractivity contribution is 7.15. The summed E-state index contributed by atoms with van der Waals surface area (Å²) >= 11 is 1.55. The van der Waals surface area contributed by atoms with Crippen LogP contribution in [0.3, 0.4) is 0 Å². The average Bonchev–Trinajstić information content (AvgIpc) is 3.77. The van der Waals surface area contributed by atoms with Gasteiger partial charge in [0.2, 0.25) is 0 Å². The fourth-order valence-electron chi connectivity index (χ4n) is 6.59. The van der Waals surface area contributed by atoms with E-state index in [0.717, 1.165) is 56.8 Å². The summed E-state index contributed by atoms with van der Waals surface area (Å²) in [5, 5.41) is 14.7. The molecule has 254 valence electrons. The molecule has 2 aromatic heterocycles. The maximum absolute atomic E-state index is 13.6. The Morgan fingerprint density at radius 3 is 2.27 bits per heavy atom. The van der Waals surface area contributed by atoms with E-state index in [9.17, 15) is 14.7 Å². The van der Waals surface area contributed by atoms with Crippen LogP contribution in [0.4, 0.5) is 0 Å². The summed E-state index contributed by atoms with van der Waals surface area (Å²) in [5.74, 6) is 0.869. The number of thiophene rings is 1. The molecule has 0 saturated heterocycles. The predicted octanol–water partition coefficient (Wildman–Crippen LogP) is 10.3. The lowest BCUT2D eigenvalue weighted by molar-refractivity contribution is -0.139. The smallest absolute Gasteiger partial charge is 0.326 e. The number of benzene rings is 3. The maximum Gasteiger partial charge on any atom is 0.326 e. The predicted molar refractivity (Wildman–Crippen MR) is 199 cm³/mol. The first-order valence-corrected chi connectivity index (χ1v) is 18.2.